The van der Waals surface area contributed by atoms with E-state index in [0.29, 0.717) is 17.1 Å². The Hall–Kier alpha value is -3.45. The van der Waals surface area contributed by atoms with Crippen LogP contribution in [0.4, 0.5) is 10.1 Å². The monoisotopic (exact) mass is 381 g/mol. The van der Waals surface area contributed by atoms with Crippen molar-refractivity contribution in [3.63, 3.8) is 0 Å². The molecule has 0 saturated carbocycles. The van der Waals surface area contributed by atoms with Crippen LogP contribution in [0.1, 0.15) is 10.4 Å². The lowest BCUT2D eigenvalue weighted by Gasteiger charge is -2.12. The number of nitrogens with one attached hydrogen (secondary N) is 3. The van der Waals surface area contributed by atoms with Crippen molar-refractivity contribution in [3.05, 3.63) is 90.2 Å². The van der Waals surface area contributed by atoms with E-state index >= 15 is 0 Å². The van der Waals surface area contributed by atoms with E-state index < -0.39 is 11.7 Å². The van der Waals surface area contributed by atoms with Gasteiger partial charge in [-0.15, -0.1) is 0 Å². The highest BCUT2D eigenvalue weighted by molar-refractivity contribution is 7.80. The second-order valence-electron chi connectivity index (χ2n) is 5.46. The molecule has 3 aromatic carbocycles. The number of ether oxygens (including phenoxy) is 1. The molecule has 0 aromatic heterocycles. The van der Waals surface area contributed by atoms with E-state index in [0.717, 1.165) is 0 Å². The van der Waals surface area contributed by atoms with Crippen LogP contribution in [0.15, 0.2) is 78.9 Å². The topological polar surface area (TPSA) is 62.4 Å². The first-order valence-electron chi connectivity index (χ1n) is 8.06. The molecule has 3 aromatic rings. The number of benzene rings is 3. The number of carbonyl (C=O) groups excluding carboxylic acids is 1. The molecule has 1 amide bonds. The first-order valence-corrected chi connectivity index (χ1v) is 8.47. The van der Waals surface area contributed by atoms with Crippen LogP contribution in [-0.2, 0) is 0 Å². The largest absolute Gasteiger partial charge is 0.457 e. The minimum Gasteiger partial charge on any atom is -0.457 e. The maximum Gasteiger partial charge on any atom is 0.269 e. The lowest BCUT2D eigenvalue weighted by Crippen LogP contribution is -2.43. The molecule has 0 fully saturated rings. The van der Waals surface area contributed by atoms with Crippen molar-refractivity contribution in [3.8, 4) is 11.5 Å². The molecule has 0 unspecified atom stereocenters. The number of para-hydroxylation sites is 2. The maximum atomic E-state index is 13.6. The van der Waals surface area contributed by atoms with E-state index in [1.165, 1.54) is 12.1 Å². The van der Waals surface area contributed by atoms with Crippen molar-refractivity contribution >= 4 is 28.9 Å². The molecule has 27 heavy (non-hydrogen) atoms. The summed E-state index contributed by atoms with van der Waals surface area (Å²) >= 11 is 5.05. The summed E-state index contributed by atoms with van der Waals surface area (Å²) in [5.74, 6) is 0.342. The Morgan fingerprint density at radius 1 is 0.852 bits per heavy atom. The highest BCUT2D eigenvalue weighted by atomic mass is 32.1. The molecule has 3 N–H and O–H groups in total. The van der Waals surface area contributed by atoms with Gasteiger partial charge in [-0.05, 0) is 54.7 Å². The number of carbonyl (C=O) groups is 1. The predicted octanol–water partition coefficient (Wildman–Crippen LogP) is 4.25. The van der Waals surface area contributed by atoms with E-state index in [4.69, 9.17) is 17.0 Å². The number of hydrazine groups is 1. The molecule has 3 rings (SSSR count). The molecule has 0 spiro atoms. The van der Waals surface area contributed by atoms with Gasteiger partial charge in [0, 0.05) is 5.56 Å². The van der Waals surface area contributed by atoms with Gasteiger partial charge in [-0.25, -0.2) is 4.39 Å². The van der Waals surface area contributed by atoms with Crippen molar-refractivity contribution in [1.82, 2.24) is 10.9 Å². The fraction of sp³-hybridized carbons (Fsp3) is 0. The fourth-order valence-corrected chi connectivity index (χ4v) is 2.39. The minimum absolute atomic E-state index is 0.0603. The molecule has 0 aliphatic carbocycles. The average Bonchev–Trinajstić information content (AvgIpc) is 2.69. The smallest absolute Gasteiger partial charge is 0.269 e. The normalized spacial score (nSPS) is 9.96. The maximum absolute atomic E-state index is 13.6. The van der Waals surface area contributed by atoms with E-state index in [9.17, 15) is 9.18 Å². The van der Waals surface area contributed by atoms with Crippen molar-refractivity contribution in [2.75, 3.05) is 5.32 Å². The van der Waals surface area contributed by atoms with Crippen LogP contribution in [-0.4, -0.2) is 11.0 Å². The van der Waals surface area contributed by atoms with Gasteiger partial charge in [0.05, 0.1) is 5.69 Å². The van der Waals surface area contributed by atoms with Gasteiger partial charge >= 0.3 is 0 Å². The summed E-state index contributed by atoms with van der Waals surface area (Å²) in [6.45, 7) is 0. The lowest BCUT2D eigenvalue weighted by molar-refractivity contribution is 0.0944. The van der Waals surface area contributed by atoms with Gasteiger partial charge in [-0.1, -0.05) is 36.4 Å². The van der Waals surface area contributed by atoms with Gasteiger partial charge in [0.2, 0.25) is 0 Å². The third kappa shape index (κ3) is 5.26. The predicted molar refractivity (Wildman–Crippen MR) is 106 cm³/mol. The Labute approximate surface area is 161 Å². The van der Waals surface area contributed by atoms with Crippen LogP contribution in [0, 0.1) is 5.82 Å². The summed E-state index contributed by atoms with van der Waals surface area (Å²) in [7, 11) is 0. The Bertz CT molecular complexity index is 951. The fourth-order valence-electron chi connectivity index (χ4n) is 2.23. The van der Waals surface area contributed by atoms with E-state index in [-0.39, 0.29) is 10.8 Å². The number of hydrogen-bond donors (Lipinski definition) is 3. The summed E-state index contributed by atoms with van der Waals surface area (Å²) in [6, 6.07) is 22.1. The van der Waals surface area contributed by atoms with Crippen LogP contribution >= 0.6 is 12.2 Å². The zero-order chi connectivity index (χ0) is 19.1. The van der Waals surface area contributed by atoms with Crippen molar-refractivity contribution in [2.24, 2.45) is 0 Å². The molecular weight excluding hydrogens is 365 g/mol. The van der Waals surface area contributed by atoms with Crippen molar-refractivity contribution in [1.29, 1.82) is 0 Å². The van der Waals surface area contributed by atoms with Crippen molar-refractivity contribution < 1.29 is 13.9 Å². The highest BCUT2D eigenvalue weighted by Crippen LogP contribution is 2.21. The van der Waals surface area contributed by atoms with Gasteiger partial charge < -0.3 is 10.1 Å². The van der Waals surface area contributed by atoms with Crippen molar-refractivity contribution in [2.45, 2.75) is 0 Å². The van der Waals surface area contributed by atoms with Crippen LogP contribution in [0.2, 0.25) is 0 Å². The van der Waals surface area contributed by atoms with Gasteiger partial charge in [-0.3, -0.25) is 15.6 Å². The number of hydrogen-bond acceptors (Lipinski definition) is 3. The summed E-state index contributed by atoms with van der Waals surface area (Å²) in [6.07, 6.45) is 0. The molecule has 136 valence electrons. The van der Waals surface area contributed by atoms with Gasteiger partial charge in [0.15, 0.2) is 5.11 Å². The first kappa shape index (κ1) is 18.3. The molecule has 0 radical (unpaired) electrons. The quantitative estimate of drug-likeness (QED) is 0.466. The first-order chi connectivity index (χ1) is 13.1. The summed E-state index contributed by atoms with van der Waals surface area (Å²) < 4.78 is 19.3. The Morgan fingerprint density at radius 3 is 2.33 bits per heavy atom. The number of rotatable bonds is 4. The molecular formula is C20H16FN3O2S. The molecule has 0 aliphatic heterocycles. The highest BCUT2D eigenvalue weighted by Gasteiger charge is 2.08. The summed E-state index contributed by atoms with van der Waals surface area (Å²) in [4.78, 5) is 12.3. The second kappa shape index (κ2) is 8.77. The molecule has 0 saturated heterocycles. The summed E-state index contributed by atoms with van der Waals surface area (Å²) in [5, 5.41) is 2.73. The molecule has 0 aliphatic rings. The van der Waals surface area contributed by atoms with Gasteiger partial charge in [-0.2, -0.15) is 0 Å². The van der Waals surface area contributed by atoms with Crippen LogP contribution in [0.3, 0.4) is 0 Å². The zero-order valence-electron chi connectivity index (χ0n) is 14.1. The Kier molecular flexibility index (Phi) is 5.96. The number of halogens is 1. The Balaban J connectivity index is 1.57. The van der Waals surface area contributed by atoms with E-state index in [2.05, 4.69) is 16.2 Å². The van der Waals surface area contributed by atoms with Gasteiger partial charge in [0.25, 0.3) is 5.91 Å². The third-order valence-electron chi connectivity index (χ3n) is 3.49. The van der Waals surface area contributed by atoms with E-state index in [1.807, 2.05) is 30.3 Å². The number of amides is 1. The average molecular weight is 381 g/mol. The standard InChI is InChI=1S/C20H16FN3O2S/c21-17-11-4-5-12-18(17)22-20(27)24-23-19(25)14-7-6-10-16(13-14)26-15-8-2-1-3-9-15/h1-13H,(H,23,25)(H2,22,24,27). The number of anilines is 1. The molecule has 5 nitrogen and oxygen atoms in total. The van der Waals surface area contributed by atoms with Crippen LogP contribution < -0.4 is 20.9 Å². The molecule has 7 heteroatoms. The number of thiocarbonyl (C=S) groups is 1. The second-order valence-corrected chi connectivity index (χ2v) is 5.86. The Morgan fingerprint density at radius 2 is 1.56 bits per heavy atom. The zero-order valence-corrected chi connectivity index (χ0v) is 14.9. The van der Waals surface area contributed by atoms with E-state index in [1.54, 1.807) is 36.4 Å². The third-order valence-corrected chi connectivity index (χ3v) is 3.69. The van der Waals surface area contributed by atoms with Gasteiger partial charge in [0.1, 0.15) is 17.3 Å². The summed E-state index contributed by atoms with van der Waals surface area (Å²) in [5.41, 5.74) is 5.59. The lowest BCUT2D eigenvalue weighted by atomic mass is 10.2. The SMILES string of the molecule is O=C(NNC(=S)Nc1ccccc1F)c1cccc(Oc2ccccc2)c1. The molecule has 0 atom stereocenters. The van der Waals surface area contributed by atoms with Crippen LogP contribution in [0.5, 0.6) is 11.5 Å². The molecule has 0 bridgehead atoms. The molecule has 0 heterocycles. The van der Waals surface area contributed by atoms with Crippen LogP contribution in [0.25, 0.3) is 0 Å². The minimum atomic E-state index is -0.446.